The summed E-state index contributed by atoms with van der Waals surface area (Å²) in [6.45, 7) is 0. The molecule has 2 aromatic rings. The Hall–Kier alpha value is -1.83. The average molecular weight is 319 g/mol. The summed E-state index contributed by atoms with van der Waals surface area (Å²) in [5, 5.41) is 0.194. The standard InChI is InChI=1S/C17H14O.CH2Cl2/c18-17(13-11-15-7-3-1-4-8-15)14-12-16-9-5-2-6-10-16;2-1-3/h1-14H;1H2. The third kappa shape index (κ3) is 8.13. The molecule has 0 saturated heterocycles. The fourth-order valence-electron chi connectivity index (χ4n) is 1.54. The van der Waals surface area contributed by atoms with Crippen molar-refractivity contribution in [1.29, 1.82) is 0 Å². The normalized spacial score (nSPS) is 10.4. The molecule has 0 amide bonds. The molecule has 0 unspecified atom stereocenters. The minimum Gasteiger partial charge on any atom is -0.290 e. The van der Waals surface area contributed by atoms with Crippen LogP contribution in [0.3, 0.4) is 0 Å². The van der Waals surface area contributed by atoms with Gasteiger partial charge in [-0.3, -0.25) is 4.79 Å². The van der Waals surface area contributed by atoms with Crippen LogP contribution in [0.1, 0.15) is 11.1 Å². The fraction of sp³-hybridized carbons (Fsp3) is 0.0556. The minimum absolute atomic E-state index is 0.0114. The van der Waals surface area contributed by atoms with Gasteiger partial charge >= 0.3 is 0 Å². The summed E-state index contributed by atoms with van der Waals surface area (Å²) in [6, 6.07) is 19.6. The van der Waals surface area contributed by atoms with Gasteiger partial charge in [0.2, 0.25) is 0 Å². The van der Waals surface area contributed by atoms with E-state index in [1.807, 2.05) is 72.8 Å². The van der Waals surface area contributed by atoms with Crippen LogP contribution in [0.15, 0.2) is 72.8 Å². The highest BCUT2D eigenvalue weighted by Crippen LogP contribution is 2.03. The molecule has 0 aliphatic carbocycles. The molecule has 2 aromatic carbocycles. The Morgan fingerprint density at radius 1 is 0.762 bits per heavy atom. The van der Waals surface area contributed by atoms with Gasteiger partial charge in [0.25, 0.3) is 0 Å². The number of benzene rings is 2. The van der Waals surface area contributed by atoms with Crippen molar-refractivity contribution in [3.05, 3.63) is 83.9 Å². The van der Waals surface area contributed by atoms with Crippen LogP contribution in [0.5, 0.6) is 0 Å². The van der Waals surface area contributed by atoms with Crippen molar-refractivity contribution in [2.24, 2.45) is 0 Å². The number of hydrogen-bond donors (Lipinski definition) is 0. The van der Waals surface area contributed by atoms with Gasteiger partial charge in [0.1, 0.15) is 0 Å². The van der Waals surface area contributed by atoms with Crippen molar-refractivity contribution in [3.63, 3.8) is 0 Å². The Kier molecular flexibility index (Phi) is 8.94. The monoisotopic (exact) mass is 318 g/mol. The predicted octanol–water partition coefficient (Wildman–Crippen LogP) is 5.40. The maximum atomic E-state index is 11.6. The summed E-state index contributed by atoms with van der Waals surface area (Å²) in [6.07, 6.45) is 6.79. The zero-order valence-corrected chi connectivity index (χ0v) is 13.0. The minimum atomic E-state index is -0.0114. The second kappa shape index (κ2) is 10.9. The molecule has 0 atom stereocenters. The molecule has 3 heteroatoms. The van der Waals surface area contributed by atoms with Crippen molar-refractivity contribution in [3.8, 4) is 0 Å². The zero-order valence-electron chi connectivity index (χ0n) is 11.5. The van der Waals surface area contributed by atoms with Gasteiger partial charge < -0.3 is 0 Å². The average Bonchev–Trinajstić information content (AvgIpc) is 2.54. The van der Waals surface area contributed by atoms with Crippen molar-refractivity contribution < 1.29 is 4.79 Å². The van der Waals surface area contributed by atoms with E-state index in [9.17, 15) is 4.79 Å². The first-order valence-corrected chi connectivity index (χ1v) is 7.45. The highest BCUT2D eigenvalue weighted by molar-refractivity contribution is 6.40. The highest BCUT2D eigenvalue weighted by Gasteiger charge is 1.90. The molecule has 0 bridgehead atoms. The lowest BCUT2D eigenvalue weighted by Crippen LogP contribution is -1.84. The molecular weight excluding hydrogens is 303 g/mol. The summed E-state index contributed by atoms with van der Waals surface area (Å²) in [5.41, 5.74) is 2.05. The maximum Gasteiger partial charge on any atom is 0.178 e. The third-order valence-electron chi connectivity index (χ3n) is 2.48. The lowest BCUT2D eigenvalue weighted by molar-refractivity contribution is -0.110. The SMILES string of the molecule is ClCCl.O=C(C=Cc1ccccc1)C=Cc1ccccc1. The molecule has 0 saturated carbocycles. The smallest absolute Gasteiger partial charge is 0.178 e. The number of hydrogen-bond acceptors (Lipinski definition) is 1. The number of carbonyl (C=O) groups excluding carboxylic acids is 1. The van der Waals surface area contributed by atoms with Gasteiger partial charge in [-0.2, -0.15) is 0 Å². The van der Waals surface area contributed by atoms with Crippen LogP contribution in [-0.2, 0) is 4.79 Å². The zero-order chi connectivity index (χ0) is 15.3. The lowest BCUT2D eigenvalue weighted by atomic mass is 10.1. The molecule has 0 aromatic heterocycles. The molecule has 21 heavy (non-hydrogen) atoms. The molecule has 1 nitrogen and oxygen atoms in total. The van der Waals surface area contributed by atoms with Crippen LogP contribution in [0.2, 0.25) is 0 Å². The van der Waals surface area contributed by atoms with Crippen LogP contribution >= 0.6 is 23.2 Å². The summed E-state index contributed by atoms with van der Waals surface area (Å²) in [4.78, 5) is 11.6. The molecule has 0 fully saturated rings. The molecule has 0 spiro atoms. The molecule has 0 heterocycles. The number of halogens is 2. The van der Waals surface area contributed by atoms with E-state index in [-0.39, 0.29) is 11.1 Å². The van der Waals surface area contributed by atoms with Gasteiger partial charge in [-0.25, -0.2) is 0 Å². The fourth-order valence-corrected chi connectivity index (χ4v) is 1.54. The summed E-state index contributed by atoms with van der Waals surface area (Å²) in [5.74, 6) is -0.0114. The van der Waals surface area contributed by atoms with Crippen molar-refractivity contribution >= 4 is 41.1 Å². The Labute approximate surface area is 135 Å². The first-order valence-electron chi connectivity index (χ1n) is 6.38. The lowest BCUT2D eigenvalue weighted by Gasteiger charge is -1.91. The Bertz CT molecular complexity index is 523. The van der Waals surface area contributed by atoms with Gasteiger partial charge in [-0.05, 0) is 23.3 Å². The van der Waals surface area contributed by atoms with E-state index < -0.39 is 0 Å². The summed E-state index contributed by atoms with van der Waals surface area (Å²) < 4.78 is 0. The number of rotatable bonds is 4. The van der Waals surface area contributed by atoms with Gasteiger partial charge in [0.15, 0.2) is 5.78 Å². The van der Waals surface area contributed by atoms with E-state index in [1.165, 1.54) is 0 Å². The van der Waals surface area contributed by atoms with Crippen LogP contribution in [0.4, 0.5) is 0 Å². The van der Waals surface area contributed by atoms with Crippen molar-refractivity contribution in [1.82, 2.24) is 0 Å². The second-order valence-corrected chi connectivity index (χ2v) is 4.80. The first kappa shape index (κ1) is 17.2. The van der Waals surface area contributed by atoms with Crippen LogP contribution in [-0.4, -0.2) is 11.1 Å². The maximum absolute atomic E-state index is 11.6. The van der Waals surface area contributed by atoms with Crippen molar-refractivity contribution in [2.45, 2.75) is 0 Å². The van der Waals surface area contributed by atoms with Gasteiger partial charge in [0, 0.05) is 0 Å². The molecular formula is C18H16Cl2O. The number of alkyl halides is 2. The Balaban J connectivity index is 0.000000677. The first-order chi connectivity index (χ1) is 10.3. The Morgan fingerprint density at radius 2 is 1.10 bits per heavy atom. The summed E-state index contributed by atoms with van der Waals surface area (Å²) in [7, 11) is 0. The molecule has 0 aliphatic rings. The molecule has 2 rings (SSSR count). The van der Waals surface area contributed by atoms with E-state index in [1.54, 1.807) is 12.2 Å². The highest BCUT2D eigenvalue weighted by atomic mass is 35.5. The molecule has 0 N–H and O–H groups in total. The Morgan fingerprint density at radius 3 is 1.43 bits per heavy atom. The predicted molar refractivity (Wildman–Crippen MR) is 92.5 cm³/mol. The van der Waals surface area contributed by atoms with Crippen molar-refractivity contribution in [2.75, 3.05) is 5.34 Å². The second-order valence-electron chi connectivity index (χ2n) is 3.99. The topological polar surface area (TPSA) is 17.1 Å². The van der Waals surface area contributed by atoms with Gasteiger partial charge in [0.05, 0.1) is 5.34 Å². The van der Waals surface area contributed by atoms with Crippen LogP contribution in [0, 0.1) is 0 Å². The van der Waals surface area contributed by atoms with Gasteiger partial charge in [-0.1, -0.05) is 72.8 Å². The van der Waals surface area contributed by atoms with E-state index in [0.717, 1.165) is 11.1 Å². The van der Waals surface area contributed by atoms with E-state index >= 15 is 0 Å². The quantitative estimate of drug-likeness (QED) is 0.544. The number of carbonyl (C=O) groups is 1. The molecule has 0 aliphatic heterocycles. The largest absolute Gasteiger partial charge is 0.290 e. The third-order valence-corrected chi connectivity index (χ3v) is 2.48. The van der Waals surface area contributed by atoms with E-state index in [2.05, 4.69) is 0 Å². The van der Waals surface area contributed by atoms with E-state index in [0.29, 0.717) is 0 Å². The van der Waals surface area contributed by atoms with E-state index in [4.69, 9.17) is 23.2 Å². The number of allylic oxidation sites excluding steroid dienone is 2. The van der Waals surface area contributed by atoms with Crippen LogP contribution in [0.25, 0.3) is 12.2 Å². The van der Waals surface area contributed by atoms with Gasteiger partial charge in [-0.15, -0.1) is 23.2 Å². The summed E-state index contributed by atoms with van der Waals surface area (Å²) >= 11 is 9.53. The number of ketones is 1. The molecule has 108 valence electrons. The molecule has 0 radical (unpaired) electrons. The van der Waals surface area contributed by atoms with Crippen LogP contribution < -0.4 is 0 Å².